The quantitative estimate of drug-likeness (QED) is 0.821. The molecule has 0 aliphatic carbocycles. The number of carbonyl (C=O) groups excluding carboxylic acids is 1. The van der Waals surface area contributed by atoms with Gasteiger partial charge in [-0.3, -0.25) is 4.79 Å². The molecule has 7 heteroatoms. The van der Waals surface area contributed by atoms with E-state index in [0.29, 0.717) is 12.4 Å². The van der Waals surface area contributed by atoms with Crippen LogP contribution in [-0.2, 0) is 23.8 Å². The second-order valence-electron chi connectivity index (χ2n) is 3.79. The van der Waals surface area contributed by atoms with E-state index in [2.05, 4.69) is 10.1 Å². The van der Waals surface area contributed by atoms with E-state index in [1.807, 2.05) is 13.8 Å². The minimum atomic E-state index is -0.419. The highest BCUT2D eigenvalue weighted by Gasteiger charge is 2.18. The zero-order chi connectivity index (χ0) is 12.6. The van der Waals surface area contributed by atoms with E-state index < -0.39 is 5.91 Å². The molecule has 0 saturated heterocycles. The summed E-state index contributed by atoms with van der Waals surface area (Å²) in [5.41, 5.74) is 7.65. The minimum absolute atomic E-state index is 0.0731. The Hall–Kier alpha value is -1.56. The van der Waals surface area contributed by atoms with Gasteiger partial charge in [-0.15, -0.1) is 11.6 Å². The lowest BCUT2D eigenvalue weighted by atomic mass is 10.4. The standard InChI is InChI=1S/C10H14ClN5O/c1-3-16-10-9(6(2)14-16)13-8(4-11)15(10)5-7(12)17/h3-5H2,1-2H3,(H2,12,17). The van der Waals surface area contributed by atoms with Crippen molar-refractivity contribution in [3.63, 3.8) is 0 Å². The summed E-state index contributed by atoms with van der Waals surface area (Å²) in [5.74, 6) is 0.464. The lowest BCUT2D eigenvalue weighted by Crippen LogP contribution is -2.21. The molecule has 6 nitrogen and oxygen atoms in total. The number of aryl methyl sites for hydroxylation is 2. The molecule has 0 atom stereocenters. The molecule has 2 aromatic rings. The zero-order valence-corrected chi connectivity index (χ0v) is 10.5. The van der Waals surface area contributed by atoms with Crippen LogP contribution in [0.15, 0.2) is 0 Å². The van der Waals surface area contributed by atoms with Gasteiger partial charge in [-0.1, -0.05) is 0 Å². The predicted molar refractivity (Wildman–Crippen MR) is 64.7 cm³/mol. The number of amides is 1. The van der Waals surface area contributed by atoms with Crippen LogP contribution in [-0.4, -0.2) is 25.2 Å². The van der Waals surface area contributed by atoms with Crippen molar-refractivity contribution in [2.45, 2.75) is 32.8 Å². The van der Waals surface area contributed by atoms with Crippen LogP contribution in [0.2, 0.25) is 0 Å². The summed E-state index contributed by atoms with van der Waals surface area (Å²) in [7, 11) is 0. The molecule has 0 fully saturated rings. The first-order valence-electron chi connectivity index (χ1n) is 5.35. The number of rotatable bonds is 4. The Labute approximate surface area is 103 Å². The largest absolute Gasteiger partial charge is 0.368 e. The Kier molecular flexibility index (Phi) is 3.06. The topological polar surface area (TPSA) is 78.7 Å². The minimum Gasteiger partial charge on any atom is -0.368 e. The predicted octanol–water partition coefficient (Wildman–Crippen LogP) is 0.785. The molecule has 1 amide bonds. The first-order valence-corrected chi connectivity index (χ1v) is 5.88. The fourth-order valence-corrected chi connectivity index (χ4v) is 2.12. The van der Waals surface area contributed by atoms with Crippen LogP contribution in [0.4, 0.5) is 0 Å². The van der Waals surface area contributed by atoms with Gasteiger partial charge in [0.2, 0.25) is 5.91 Å². The second kappa shape index (κ2) is 4.37. The number of nitrogens with two attached hydrogens (primary N) is 1. The fraction of sp³-hybridized carbons (Fsp3) is 0.500. The van der Waals surface area contributed by atoms with Crippen LogP contribution in [0, 0.1) is 6.92 Å². The van der Waals surface area contributed by atoms with Gasteiger partial charge in [-0.2, -0.15) is 5.10 Å². The van der Waals surface area contributed by atoms with Crippen LogP contribution in [0.3, 0.4) is 0 Å². The summed E-state index contributed by atoms with van der Waals surface area (Å²) in [4.78, 5) is 15.5. The van der Waals surface area contributed by atoms with E-state index in [0.717, 1.165) is 16.9 Å². The van der Waals surface area contributed by atoms with E-state index in [-0.39, 0.29) is 12.4 Å². The van der Waals surface area contributed by atoms with Crippen molar-refractivity contribution in [1.82, 2.24) is 19.3 Å². The first-order chi connectivity index (χ1) is 8.08. The lowest BCUT2D eigenvalue weighted by molar-refractivity contribution is -0.118. The fourth-order valence-electron chi connectivity index (χ4n) is 1.91. The zero-order valence-electron chi connectivity index (χ0n) is 9.77. The van der Waals surface area contributed by atoms with Crippen LogP contribution in [0.1, 0.15) is 18.4 Å². The molecule has 0 radical (unpaired) electrons. The molecule has 92 valence electrons. The number of carbonyl (C=O) groups is 1. The van der Waals surface area contributed by atoms with Gasteiger partial charge in [-0.25, -0.2) is 9.67 Å². The summed E-state index contributed by atoms with van der Waals surface area (Å²) in [6, 6.07) is 0. The molecule has 2 rings (SSSR count). The van der Waals surface area contributed by atoms with Crippen molar-refractivity contribution in [1.29, 1.82) is 0 Å². The van der Waals surface area contributed by atoms with Crippen molar-refractivity contribution >= 4 is 28.7 Å². The number of hydrogen-bond donors (Lipinski definition) is 1. The van der Waals surface area contributed by atoms with Gasteiger partial charge >= 0.3 is 0 Å². The maximum atomic E-state index is 11.1. The molecule has 0 aliphatic rings. The molecule has 0 spiro atoms. The highest BCUT2D eigenvalue weighted by Crippen LogP contribution is 2.20. The third-order valence-electron chi connectivity index (χ3n) is 2.61. The summed E-state index contributed by atoms with van der Waals surface area (Å²) < 4.78 is 3.53. The van der Waals surface area contributed by atoms with Gasteiger partial charge in [0.1, 0.15) is 17.9 Å². The molecule has 0 bridgehead atoms. The van der Waals surface area contributed by atoms with E-state index in [4.69, 9.17) is 17.3 Å². The average molecular weight is 256 g/mol. The van der Waals surface area contributed by atoms with Crippen molar-refractivity contribution < 1.29 is 4.79 Å². The molecular weight excluding hydrogens is 242 g/mol. The summed E-state index contributed by atoms with van der Waals surface area (Å²) >= 11 is 5.83. The lowest BCUT2D eigenvalue weighted by Gasteiger charge is -2.06. The van der Waals surface area contributed by atoms with Gasteiger partial charge in [0.15, 0.2) is 5.65 Å². The number of primary amides is 1. The number of nitrogens with zero attached hydrogens (tertiary/aromatic N) is 4. The maximum Gasteiger partial charge on any atom is 0.237 e. The number of alkyl halides is 1. The van der Waals surface area contributed by atoms with Gasteiger partial charge in [-0.05, 0) is 13.8 Å². The van der Waals surface area contributed by atoms with Crippen LogP contribution in [0.25, 0.3) is 11.2 Å². The average Bonchev–Trinajstić information content (AvgIpc) is 2.77. The van der Waals surface area contributed by atoms with Crippen molar-refractivity contribution in [3.05, 3.63) is 11.5 Å². The highest BCUT2D eigenvalue weighted by molar-refractivity contribution is 6.16. The van der Waals surface area contributed by atoms with Gasteiger partial charge < -0.3 is 10.3 Å². The molecule has 2 heterocycles. The number of fused-ring (bicyclic) bond motifs is 1. The summed E-state index contributed by atoms with van der Waals surface area (Å²) in [6.45, 7) is 4.64. The highest BCUT2D eigenvalue weighted by atomic mass is 35.5. The summed E-state index contributed by atoms with van der Waals surface area (Å²) in [5, 5.41) is 4.35. The normalized spacial score (nSPS) is 11.2. The molecular formula is C10H14ClN5O. The van der Waals surface area contributed by atoms with Gasteiger partial charge in [0, 0.05) is 6.54 Å². The van der Waals surface area contributed by atoms with Crippen LogP contribution in [0.5, 0.6) is 0 Å². The van der Waals surface area contributed by atoms with E-state index in [1.54, 1.807) is 9.25 Å². The smallest absolute Gasteiger partial charge is 0.237 e. The Morgan fingerprint density at radius 1 is 1.53 bits per heavy atom. The first kappa shape index (κ1) is 11.9. The third kappa shape index (κ3) is 1.88. The molecule has 17 heavy (non-hydrogen) atoms. The molecule has 0 saturated carbocycles. The molecule has 0 aliphatic heterocycles. The molecule has 0 unspecified atom stereocenters. The monoisotopic (exact) mass is 255 g/mol. The third-order valence-corrected chi connectivity index (χ3v) is 2.85. The van der Waals surface area contributed by atoms with Crippen molar-refractivity contribution in [3.8, 4) is 0 Å². The number of hydrogen-bond acceptors (Lipinski definition) is 3. The van der Waals surface area contributed by atoms with Gasteiger partial charge in [0.25, 0.3) is 0 Å². The van der Waals surface area contributed by atoms with Crippen LogP contribution >= 0.6 is 11.6 Å². The molecule has 2 aromatic heterocycles. The van der Waals surface area contributed by atoms with E-state index in [9.17, 15) is 4.79 Å². The molecule has 0 aromatic carbocycles. The van der Waals surface area contributed by atoms with Crippen molar-refractivity contribution in [2.75, 3.05) is 0 Å². The van der Waals surface area contributed by atoms with Crippen LogP contribution < -0.4 is 5.73 Å². The Morgan fingerprint density at radius 3 is 2.76 bits per heavy atom. The number of aromatic nitrogens is 4. The summed E-state index contributed by atoms with van der Waals surface area (Å²) in [6.07, 6.45) is 0. The van der Waals surface area contributed by atoms with Crippen molar-refractivity contribution in [2.24, 2.45) is 5.73 Å². The Morgan fingerprint density at radius 2 is 2.24 bits per heavy atom. The second-order valence-corrected chi connectivity index (χ2v) is 4.05. The Balaban J connectivity index is 2.71. The Bertz CT molecular complexity index is 571. The number of imidazole rings is 1. The molecule has 2 N–H and O–H groups in total. The number of halogens is 1. The SMILES string of the molecule is CCn1nc(C)c2nc(CCl)n(CC(N)=O)c21. The maximum absolute atomic E-state index is 11.1. The van der Waals surface area contributed by atoms with E-state index in [1.165, 1.54) is 0 Å². The van der Waals surface area contributed by atoms with Gasteiger partial charge in [0.05, 0.1) is 11.6 Å². The van der Waals surface area contributed by atoms with E-state index >= 15 is 0 Å².